The Morgan fingerprint density at radius 2 is 2.00 bits per heavy atom. The number of hydrogen-bond acceptors (Lipinski definition) is 5. The van der Waals surface area contributed by atoms with Gasteiger partial charge in [0.15, 0.2) is 0 Å². The highest BCUT2D eigenvalue weighted by Crippen LogP contribution is 2.41. The summed E-state index contributed by atoms with van der Waals surface area (Å²) >= 11 is 0. The highest BCUT2D eigenvalue weighted by molar-refractivity contribution is 6.06. The van der Waals surface area contributed by atoms with Crippen molar-refractivity contribution in [3.63, 3.8) is 0 Å². The van der Waals surface area contributed by atoms with Gasteiger partial charge in [-0.05, 0) is 44.6 Å². The topological polar surface area (TPSA) is 96.5 Å². The maximum absolute atomic E-state index is 13.5. The fraction of sp³-hybridized carbons (Fsp3) is 0.619. The molecule has 0 unspecified atom stereocenters. The molecule has 3 rings (SSSR count). The standard InChI is InChI=1S/C21H29N3O4/c1-12(2)24(9-8-17(25)26)20(27)14-10-15(13-6-7-13)22-19-18(14)16(23-28-19)11-21(3,4)5/h10,12-13H,6-9,11H2,1-5H3,(H,25,26). The van der Waals surface area contributed by atoms with Gasteiger partial charge in [-0.25, -0.2) is 4.98 Å². The van der Waals surface area contributed by atoms with Gasteiger partial charge in [-0.15, -0.1) is 0 Å². The van der Waals surface area contributed by atoms with E-state index in [1.165, 1.54) is 0 Å². The summed E-state index contributed by atoms with van der Waals surface area (Å²) in [6, 6.07) is 1.74. The van der Waals surface area contributed by atoms with Crippen molar-refractivity contribution in [2.24, 2.45) is 5.41 Å². The Labute approximate surface area is 165 Å². The largest absolute Gasteiger partial charge is 0.481 e. The summed E-state index contributed by atoms with van der Waals surface area (Å²) in [5.74, 6) is -0.752. The number of carbonyl (C=O) groups is 2. The molecule has 0 radical (unpaired) electrons. The molecule has 0 atom stereocenters. The number of amides is 1. The average molecular weight is 387 g/mol. The zero-order valence-electron chi connectivity index (χ0n) is 17.3. The van der Waals surface area contributed by atoms with Crippen molar-refractivity contribution < 1.29 is 19.2 Å². The van der Waals surface area contributed by atoms with Gasteiger partial charge >= 0.3 is 5.97 Å². The molecule has 152 valence electrons. The van der Waals surface area contributed by atoms with E-state index < -0.39 is 5.97 Å². The van der Waals surface area contributed by atoms with Crippen molar-refractivity contribution in [3.05, 3.63) is 23.0 Å². The van der Waals surface area contributed by atoms with Crippen molar-refractivity contribution in [1.82, 2.24) is 15.0 Å². The van der Waals surface area contributed by atoms with Gasteiger partial charge in [-0.3, -0.25) is 9.59 Å². The number of carbonyl (C=O) groups excluding carboxylic acids is 1. The van der Waals surface area contributed by atoms with E-state index in [0.717, 1.165) is 24.2 Å². The van der Waals surface area contributed by atoms with E-state index >= 15 is 0 Å². The smallest absolute Gasteiger partial charge is 0.305 e. The molecule has 7 heteroatoms. The molecule has 0 aliphatic heterocycles. The Morgan fingerprint density at radius 1 is 1.32 bits per heavy atom. The van der Waals surface area contributed by atoms with Crippen LogP contribution < -0.4 is 0 Å². The summed E-state index contributed by atoms with van der Waals surface area (Å²) in [5, 5.41) is 13.9. The number of nitrogens with zero attached hydrogens (tertiary/aromatic N) is 3. The van der Waals surface area contributed by atoms with E-state index in [2.05, 4.69) is 30.9 Å². The number of aromatic nitrogens is 2. The zero-order valence-corrected chi connectivity index (χ0v) is 17.3. The van der Waals surface area contributed by atoms with Crippen LogP contribution in [0.3, 0.4) is 0 Å². The molecule has 1 fully saturated rings. The molecule has 1 aliphatic carbocycles. The molecule has 2 heterocycles. The van der Waals surface area contributed by atoms with Gasteiger partial charge in [-0.2, -0.15) is 0 Å². The van der Waals surface area contributed by atoms with E-state index in [4.69, 9.17) is 9.63 Å². The van der Waals surface area contributed by atoms with Crippen LogP contribution in [0.25, 0.3) is 11.1 Å². The van der Waals surface area contributed by atoms with E-state index in [-0.39, 0.29) is 30.3 Å². The van der Waals surface area contributed by atoms with Gasteiger partial charge in [0, 0.05) is 24.2 Å². The predicted molar refractivity (Wildman–Crippen MR) is 105 cm³/mol. The highest BCUT2D eigenvalue weighted by atomic mass is 16.5. The monoisotopic (exact) mass is 387 g/mol. The first kappa shape index (κ1) is 20.3. The molecule has 0 aromatic carbocycles. The van der Waals surface area contributed by atoms with E-state index in [1.54, 1.807) is 4.90 Å². The number of aliphatic carboxylic acids is 1. The third-order valence-corrected chi connectivity index (χ3v) is 4.91. The van der Waals surface area contributed by atoms with Crippen molar-refractivity contribution >= 4 is 23.0 Å². The van der Waals surface area contributed by atoms with Crippen LogP contribution >= 0.6 is 0 Å². The molecule has 1 N–H and O–H groups in total. The van der Waals surface area contributed by atoms with Crippen molar-refractivity contribution in [3.8, 4) is 0 Å². The maximum atomic E-state index is 13.5. The van der Waals surface area contributed by atoms with E-state index in [1.807, 2.05) is 19.9 Å². The Morgan fingerprint density at radius 3 is 2.54 bits per heavy atom. The van der Waals surface area contributed by atoms with Gasteiger partial charge in [0.2, 0.25) is 0 Å². The lowest BCUT2D eigenvalue weighted by molar-refractivity contribution is -0.137. The van der Waals surface area contributed by atoms with E-state index in [0.29, 0.717) is 29.0 Å². The third-order valence-electron chi connectivity index (χ3n) is 4.91. The Balaban J connectivity index is 2.08. The van der Waals surface area contributed by atoms with Crippen LogP contribution in [0.2, 0.25) is 0 Å². The summed E-state index contributed by atoms with van der Waals surface area (Å²) in [7, 11) is 0. The van der Waals surface area contributed by atoms with E-state index in [9.17, 15) is 9.59 Å². The number of pyridine rings is 1. The second-order valence-corrected chi connectivity index (χ2v) is 9.15. The quantitative estimate of drug-likeness (QED) is 0.771. The zero-order chi connectivity index (χ0) is 20.6. The summed E-state index contributed by atoms with van der Waals surface area (Å²) in [6.07, 6.45) is 2.68. The molecule has 1 amide bonds. The lowest BCUT2D eigenvalue weighted by Gasteiger charge is -2.27. The molecule has 28 heavy (non-hydrogen) atoms. The van der Waals surface area contributed by atoms with Crippen LogP contribution in [0.15, 0.2) is 10.6 Å². The Kier molecular flexibility index (Phi) is 5.46. The highest BCUT2D eigenvalue weighted by Gasteiger charge is 2.31. The lowest BCUT2D eigenvalue weighted by Crippen LogP contribution is -2.38. The molecule has 1 saturated carbocycles. The number of fused-ring (bicyclic) bond motifs is 1. The summed E-state index contributed by atoms with van der Waals surface area (Å²) in [5.41, 5.74) is 2.47. The number of carboxylic acids is 1. The first-order valence-electron chi connectivity index (χ1n) is 9.89. The molecule has 1 aliphatic rings. The molecule has 0 bridgehead atoms. The number of carboxylic acid groups (broad SMARTS) is 1. The fourth-order valence-electron chi connectivity index (χ4n) is 3.37. The molecule has 0 spiro atoms. The summed E-state index contributed by atoms with van der Waals surface area (Å²) in [6.45, 7) is 10.3. The second-order valence-electron chi connectivity index (χ2n) is 9.15. The number of hydrogen-bond donors (Lipinski definition) is 1. The van der Waals surface area contributed by atoms with Crippen molar-refractivity contribution in [2.75, 3.05) is 6.54 Å². The number of rotatable bonds is 7. The van der Waals surface area contributed by atoms with Crippen molar-refractivity contribution in [2.45, 2.75) is 72.3 Å². The van der Waals surface area contributed by atoms with Gasteiger partial charge in [0.25, 0.3) is 11.6 Å². The summed E-state index contributed by atoms with van der Waals surface area (Å²) in [4.78, 5) is 30.7. The van der Waals surface area contributed by atoms with Crippen LogP contribution in [0, 0.1) is 5.41 Å². The Hall–Kier alpha value is -2.44. The Bertz CT molecular complexity index is 891. The molecule has 7 nitrogen and oxygen atoms in total. The summed E-state index contributed by atoms with van der Waals surface area (Å²) < 4.78 is 5.52. The first-order valence-corrected chi connectivity index (χ1v) is 9.89. The SMILES string of the molecule is CC(C)N(CCC(=O)O)C(=O)c1cc(C2CC2)nc2onc(CC(C)(C)C)c12. The fourth-order valence-corrected chi connectivity index (χ4v) is 3.37. The molecule has 2 aromatic heterocycles. The lowest BCUT2D eigenvalue weighted by atomic mass is 9.89. The van der Waals surface area contributed by atoms with Crippen molar-refractivity contribution in [1.29, 1.82) is 0 Å². The molecular formula is C21H29N3O4. The van der Waals surface area contributed by atoms with Crippen LogP contribution in [0.4, 0.5) is 0 Å². The normalized spacial score (nSPS) is 14.6. The molecule has 0 saturated heterocycles. The minimum atomic E-state index is -0.921. The van der Waals surface area contributed by atoms with Crippen LogP contribution in [0.5, 0.6) is 0 Å². The molecule has 2 aromatic rings. The van der Waals surface area contributed by atoms with Crippen LogP contribution in [0.1, 0.15) is 81.5 Å². The minimum Gasteiger partial charge on any atom is -0.481 e. The van der Waals surface area contributed by atoms with Crippen LogP contribution in [-0.4, -0.2) is 44.6 Å². The average Bonchev–Trinajstić information content (AvgIpc) is 3.35. The van der Waals surface area contributed by atoms with Gasteiger partial charge < -0.3 is 14.5 Å². The maximum Gasteiger partial charge on any atom is 0.305 e. The predicted octanol–water partition coefficient (Wildman–Crippen LogP) is 4.01. The van der Waals surface area contributed by atoms with Gasteiger partial charge in [0.05, 0.1) is 23.1 Å². The van der Waals surface area contributed by atoms with Gasteiger partial charge in [0.1, 0.15) is 0 Å². The minimum absolute atomic E-state index is 0.0275. The van der Waals surface area contributed by atoms with Gasteiger partial charge in [-0.1, -0.05) is 25.9 Å². The molecular weight excluding hydrogens is 358 g/mol. The second kappa shape index (κ2) is 7.53. The third kappa shape index (κ3) is 4.51. The first-order chi connectivity index (χ1) is 13.1. The van der Waals surface area contributed by atoms with Crippen LogP contribution in [-0.2, 0) is 11.2 Å².